The van der Waals surface area contributed by atoms with Gasteiger partial charge in [0.25, 0.3) is 0 Å². The number of carboxylic acid groups (broad SMARTS) is 1. The van der Waals surface area contributed by atoms with Gasteiger partial charge in [0.05, 0.1) is 17.5 Å². The number of hydrogen-bond donors (Lipinski definition) is 2. The number of aldehydes is 1. The van der Waals surface area contributed by atoms with E-state index in [9.17, 15) is 9.59 Å². The lowest BCUT2D eigenvalue weighted by Crippen LogP contribution is -2.02. The monoisotopic (exact) mass is 193 g/mol. The normalized spacial score (nSPS) is 11.0. The summed E-state index contributed by atoms with van der Waals surface area (Å²) in [4.78, 5) is 24.6. The SMILES string of the molecule is O=CC(=CO)c1cccc(C(=O)O)n1. The molecule has 0 atom stereocenters. The number of allylic oxidation sites excluding steroid dienone is 1. The van der Waals surface area contributed by atoms with Gasteiger partial charge in [0.2, 0.25) is 0 Å². The van der Waals surface area contributed by atoms with E-state index in [4.69, 9.17) is 10.2 Å². The summed E-state index contributed by atoms with van der Waals surface area (Å²) in [5.74, 6) is -1.19. The van der Waals surface area contributed by atoms with Crippen LogP contribution in [0.15, 0.2) is 24.5 Å². The van der Waals surface area contributed by atoms with E-state index in [-0.39, 0.29) is 17.0 Å². The lowest BCUT2D eigenvalue weighted by atomic mass is 10.2. The third-order valence-corrected chi connectivity index (χ3v) is 1.53. The second kappa shape index (κ2) is 4.18. The van der Waals surface area contributed by atoms with Crippen molar-refractivity contribution < 1.29 is 19.8 Å². The maximum Gasteiger partial charge on any atom is 0.354 e. The molecule has 0 saturated heterocycles. The summed E-state index contributed by atoms with van der Waals surface area (Å²) < 4.78 is 0. The van der Waals surface area contributed by atoms with Gasteiger partial charge in [0.15, 0.2) is 6.29 Å². The van der Waals surface area contributed by atoms with Crippen LogP contribution in [0.5, 0.6) is 0 Å². The van der Waals surface area contributed by atoms with E-state index in [1.54, 1.807) is 0 Å². The Morgan fingerprint density at radius 2 is 2.00 bits per heavy atom. The molecule has 0 saturated carbocycles. The van der Waals surface area contributed by atoms with Gasteiger partial charge in [-0.15, -0.1) is 0 Å². The fourth-order valence-electron chi connectivity index (χ4n) is 0.872. The number of nitrogens with zero attached hydrogens (tertiary/aromatic N) is 1. The van der Waals surface area contributed by atoms with Gasteiger partial charge in [-0.2, -0.15) is 0 Å². The van der Waals surface area contributed by atoms with Crippen molar-refractivity contribution in [3.05, 3.63) is 35.8 Å². The summed E-state index contributed by atoms with van der Waals surface area (Å²) in [6.45, 7) is 0. The molecule has 0 bridgehead atoms. The number of carbonyl (C=O) groups is 2. The summed E-state index contributed by atoms with van der Waals surface area (Å²) in [6, 6.07) is 4.17. The maximum atomic E-state index is 10.5. The third-order valence-electron chi connectivity index (χ3n) is 1.53. The van der Waals surface area contributed by atoms with Gasteiger partial charge in [0, 0.05) is 0 Å². The molecule has 5 heteroatoms. The van der Waals surface area contributed by atoms with Crippen molar-refractivity contribution in [3.63, 3.8) is 0 Å². The number of aromatic carboxylic acids is 1. The first-order valence-corrected chi connectivity index (χ1v) is 3.69. The summed E-state index contributed by atoms with van der Waals surface area (Å²) in [7, 11) is 0. The van der Waals surface area contributed by atoms with Gasteiger partial charge >= 0.3 is 5.97 Å². The van der Waals surface area contributed by atoms with E-state index < -0.39 is 5.97 Å². The van der Waals surface area contributed by atoms with Crippen LogP contribution >= 0.6 is 0 Å². The summed E-state index contributed by atoms with van der Waals surface area (Å²) >= 11 is 0. The quantitative estimate of drug-likeness (QED) is 0.422. The molecule has 0 radical (unpaired) electrons. The molecule has 0 amide bonds. The molecule has 0 aromatic carbocycles. The number of rotatable bonds is 3. The smallest absolute Gasteiger partial charge is 0.354 e. The number of aromatic nitrogens is 1. The first kappa shape index (κ1) is 9.91. The van der Waals surface area contributed by atoms with E-state index in [0.29, 0.717) is 12.5 Å². The predicted molar refractivity (Wildman–Crippen MR) is 47.9 cm³/mol. The molecular weight excluding hydrogens is 186 g/mol. The molecule has 0 unspecified atom stereocenters. The highest BCUT2D eigenvalue weighted by Crippen LogP contribution is 2.08. The van der Waals surface area contributed by atoms with Crippen molar-refractivity contribution in [3.8, 4) is 0 Å². The number of pyridine rings is 1. The predicted octanol–water partition coefficient (Wildman–Crippen LogP) is 0.878. The molecule has 0 aliphatic carbocycles. The van der Waals surface area contributed by atoms with Crippen LogP contribution in [-0.4, -0.2) is 27.5 Å². The average molecular weight is 193 g/mol. The van der Waals surface area contributed by atoms with Crippen molar-refractivity contribution in [1.82, 2.24) is 4.98 Å². The Labute approximate surface area is 79.3 Å². The molecule has 1 aromatic heterocycles. The van der Waals surface area contributed by atoms with Crippen molar-refractivity contribution in [2.75, 3.05) is 0 Å². The molecule has 1 rings (SSSR count). The van der Waals surface area contributed by atoms with E-state index in [1.807, 2.05) is 0 Å². The second-order valence-electron chi connectivity index (χ2n) is 2.42. The molecule has 1 heterocycles. The summed E-state index contributed by atoms with van der Waals surface area (Å²) in [6.07, 6.45) is 0.981. The van der Waals surface area contributed by atoms with E-state index in [2.05, 4.69) is 4.98 Å². The fraction of sp³-hybridized carbons (Fsp3) is 0. The van der Waals surface area contributed by atoms with Crippen LogP contribution in [0.3, 0.4) is 0 Å². The van der Waals surface area contributed by atoms with Crippen LogP contribution in [0.25, 0.3) is 5.57 Å². The number of aliphatic hydroxyl groups is 1. The number of carboxylic acids is 1. The zero-order valence-electron chi connectivity index (χ0n) is 7.04. The number of carbonyl (C=O) groups excluding carboxylic acids is 1. The van der Waals surface area contributed by atoms with Crippen LogP contribution in [-0.2, 0) is 4.79 Å². The number of hydrogen-bond acceptors (Lipinski definition) is 4. The second-order valence-corrected chi connectivity index (χ2v) is 2.42. The Hall–Kier alpha value is -2.17. The van der Waals surface area contributed by atoms with Crippen LogP contribution in [0.2, 0.25) is 0 Å². The van der Waals surface area contributed by atoms with Gasteiger partial charge in [-0.25, -0.2) is 9.78 Å². The minimum Gasteiger partial charge on any atom is -0.515 e. The first-order chi connectivity index (χ1) is 6.69. The zero-order valence-corrected chi connectivity index (χ0v) is 7.04. The van der Waals surface area contributed by atoms with Gasteiger partial charge in [-0.3, -0.25) is 4.79 Å². The molecule has 0 spiro atoms. The Morgan fingerprint density at radius 1 is 1.36 bits per heavy atom. The summed E-state index contributed by atoms with van der Waals surface area (Å²) in [5, 5.41) is 17.2. The van der Waals surface area contributed by atoms with Gasteiger partial charge < -0.3 is 10.2 Å². The third kappa shape index (κ3) is 1.95. The highest BCUT2D eigenvalue weighted by Gasteiger charge is 2.07. The molecule has 14 heavy (non-hydrogen) atoms. The van der Waals surface area contributed by atoms with Crippen LogP contribution < -0.4 is 0 Å². The summed E-state index contributed by atoms with van der Waals surface area (Å²) in [5.41, 5.74) is -0.112. The molecule has 0 aliphatic heterocycles. The molecule has 72 valence electrons. The highest BCUT2D eigenvalue weighted by atomic mass is 16.4. The minimum absolute atomic E-state index is 0.0619. The molecule has 1 aromatic rings. The van der Waals surface area contributed by atoms with Crippen molar-refractivity contribution >= 4 is 17.8 Å². The van der Waals surface area contributed by atoms with Crippen LogP contribution in [0, 0.1) is 0 Å². The lowest BCUT2D eigenvalue weighted by Gasteiger charge is -1.98. The van der Waals surface area contributed by atoms with E-state index in [1.165, 1.54) is 18.2 Å². The Balaban J connectivity index is 3.17. The van der Waals surface area contributed by atoms with Crippen molar-refractivity contribution in [2.24, 2.45) is 0 Å². The zero-order chi connectivity index (χ0) is 10.6. The maximum absolute atomic E-state index is 10.5. The molecule has 5 nitrogen and oxygen atoms in total. The van der Waals surface area contributed by atoms with Crippen molar-refractivity contribution in [1.29, 1.82) is 0 Å². The molecular formula is C9H7NO4. The van der Waals surface area contributed by atoms with E-state index in [0.717, 1.165) is 0 Å². The average Bonchev–Trinajstić information content (AvgIpc) is 2.20. The number of aliphatic hydroxyl groups excluding tert-OH is 1. The lowest BCUT2D eigenvalue weighted by molar-refractivity contribution is -0.103. The minimum atomic E-state index is -1.19. The largest absolute Gasteiger partial charge is 0.515 e. The van der Waals surface area contributed by atoms with Crippen LogP contribution in [0.4, 0.5) is 0 Å². The topological polar surface area (TPSA) is 87.5 Å². The molecule has 0 fully saturated rings. The Morgan fingerprint density at radius 3 is 2.50 bits per heavy atom. The molecule has 2 N–H and O–H groups in total. The van der Waals surface area contributed by atoms with Gasteiger partial charge in [0.1, 0.15) is 5.69 Å². The van der Waals surface area contributed by atoms with Crippen LogP contribution in [0.1, 0.15) is 16.2 Å². The van der Waals surface area contributed by atoms with Crippen molar-refractivity contribution in [2.45, 2.75) is 0 Å². The Bertz CT molecular complexity index is 398. The van der Waals surface area contributed by atoms with Gasteiger partial charge in [-0.1, -0.05) is 6.07 Å². The van der Waals surface area contributed by atoms with Gasteiger partial charge in [-0.05, 0) is 12.1 Å². The standard InChI is InChI=1S/C9H7NO4/c11-4-6(5-12)7-2-1-3-8(10-7)9(13)14/h1-5,11H,(H,13,14). The highest BCUT2D eigenvalue weighted by molar-refractivity contribution is 6.05. The fourth-order valence-corrected chi connectivity index (χ4v) is 0.872. The Kier molecular flexibility index (Phi) is 2.96. The molecule has 0 aliphatic rings. The first-order valence-electron chi connectivity index (χ1n) is 3.69. The van der Waals surface area contributed by atoms with E-state index >= 15 is 0 Å².